The third-order valence-corrected chi connectivity index (χ3v) is 6.66. The van der Waals surface area contributed by atoms with Crippen molar-refractivity contribution in [1.82, 2.24) is 9.21 Å². The van der Waals surface area contributed by atoms with Gasteiger partial charge in [-0.05, 0) is 55.9 Å². The first-order valence-electron chi connectivity index (χ1n) is 8.38. The summed E-state index contributed by atoms with van der Waals surface area (Å²) >= 11 is 0. The molecule has 0 saturated carbocycles. The van der Waals surface area contributed by atoms with E-state index < -0.39 is 10.0 Å². The van der Waals surface area contributed by atoms with Crippen LogP contribution in [0.5, 0.6) is 0 Å². The van der Waals surface area contributed by atoms with E-state index in [9.17, 15) is 13.2 Å². The van der Waals surface area contributed by atoms with Crippen LogP contribution in [0, 0.1) is 5.92 Å². The molecule has 2 aliphatic rings. The van der Waals surface area contributed by atoms with Crippen molar-refractivity contribution in [1.29, 1.82) is 0 Å². The number of benzene rings is 1. The molecular formula is C17H24N2O3S. The van der Waals surface area contributed by atoms with Crippen molar-refractivity contribution in [3.63, 3.8) is 0 Å². The quantitative estimate of drug-likeness (QED) is 0.851. The van der Waals surface area contributed by atoms with E-state index in [-0.39, 0.29) is 10.8 Å². The third-order valence-electron chi connectivity index (χ3n) is 4.75. The number of piperidine rings is 1. The van der Waals surface area contributed by atoms with E-state index in [1.165, 1.54) is 4.31 Å². The van der Waals surface area contributed by atoms with E-state index in [1.807, 2.05) is 4.90 Å². The Bertz CT molecular complexity index is 664. The van der Waals surface area contributed by atoms with Crippen LogP contribution in [-0.4, -0.2) is 49.7 Å². The first-order valence-corrected chi connectivity index (χ1v) is 9.82. The van der Waals surface area contributed by atoms with Crippen molar-refractivity contribution in [2.75, 3.05) is 26.2 Å². The first kappa shape index (κ1) is 16.5. The van der Waals surface area contributed by atoms with E-state index in [2.05, 4.69) is 6.92 Å². The molecule has 0 aliphatic carbocycles. The van der Waals surface area contributed by atoms with Gasteiger partial charge in [0.1, 0.15) is 0 Å². The average molecular weight is 336 g/mol. The number of carbonyl (C=O) groups is 1. The standard InChI is InChI=1S/C17H24N2O3S/c1-14-5-4-10-18(13-14)17(20)15-6-8-16(9-7-15)23(21,22)19-11-2-3-12-19/h6-9,14H,2-5,10-13H2,1H3. The highest BCUT2D eigenvalue weighted by molar-refractivity contribution is 7.89. The van der Waals surface area contributed by atoms with Crippen LogP contribution in [0.25, 0.3) is 0 Å². The summed E-state index contributed by atoms with van der Waals surface area (Å²) in [5.74, 6) is 0.532. The van der Waals surface area contributed by atoms with Crippen LogP contribution >= 0.6 is 0 Å². The fraction of sp³-hybridized carbons (Fsp3) is 0.588. The highest BCUT2D eigenvalue weighted by atomic mass is 32.2. The summed E-state index contributed by atoms with van der Waals surface area (Å²) in [5, 5.41) is 0. The second-order valence-corrected chi connectivity index (χ2v) is 8.57. The molecule has 23 heavy (non-hydrogen) atoms. The maximum absolute atomic E-state index is 12.5. The van der Waals surface area contributed by atoms with Gasteiger partial charge in [-0.25, -0.2) is 8.42 Å². The Morgan fingerprint density at radius 1 is 1.04 bits per heavy atom. The topological polar surface area (TPSA) is 57.7 Å². The van der Waals surface area contributed by atoms with Gasteiger partial charge in [0.2, 0.25) is 10.0 Å². The number of carbonyl (C=O) groups excluding carboxylic acids is 1. The molecule has 2 fully saturated rings. The second-order valence-electron chi connectivity index (χ2n) is 6.63. The molecule has 1 aromatic carbocycles. The molecule has 1 amide bonds. The number of likely N-dealkylation sites (tertiary alicyclic amines) is 1. The summed E-state index contributed by atoms with van der Waals surface area (Å²) in [6, 6.07) is 6.41. The van der Waals surface area contributed by atoms with Gasteiger partial charge in [0.05, 0.1) is 4.90 Å². The number of hydrogen-bond acceptors (Lipinski definition) is 3. The van der Waals surface area contributed by atoms with Gasteiger partial charge in [-0.15, -0.1) is 0 Å². The lowest BCUT2D eigenvalue weighted by Gasteiger charge is -2.31. The Labute approximate surface area is 138 Å². The molecule has 1 aromatic rings. The fourth-order valence-corrected chi connectivity index (χ4v) is 4.92. The molecule has 1 unspecified atom stereocenters. The SMILES string of the molecule is CC1CCCN(C(=O)c2ccc(S(=O)(=O)N3CCCC3)cc2)C1. The zero-order valence-electron chi connectivity index (χ0n) is 13.6. The number of nitrogens with zero attached hydrogens (tertiary/aromatic N) is 2. The smallest absolute Gasteiger partial charge is 0.253 e. The zero-order chi connectivity index (χ0) is 16.4. The van der Waals surface area contributed by atoms with Crippen LogP contribution in [0.3, 0.4) is 0 Å². The minimum atomic E-state index is -3.41. The lowest BCUT2D eigenvalue weighted by atomic mass is 9.99. The monoisotopic (exact) mass is 336 g/mol. The van der Waals surface area contributed by atoms with Gasteiger partial charge < -0.3 is 4.90 Å². The van der Waals surface area contributed by atoms with Crippen LogP contribution in [0.15, 0.2) is 29.2 Å². The van der Waals surface area contributed by atoms with Crippen molar-refractivity contribution < 1.29 is 13.2 Å². The van der Waals surface area contributed by atoms with Gasteiger partial charge in [0.15, 0.2) is 0 Å². The summed E-state index contributed by atoms with van der Waals surface area (Å²) in [6.45, 7) is 4.91. The predicted octanol–water partition coefficient (Wildman–Crippen LogP) is 2.34. The van der Waals surface area contributed by atoms with Crippen molar-refractivity contribution in [2.24, 2.45) is 5.92 Å². The van der Waals surface area contributed by atoms with Gasteiger partial charge in [-0.2, -0.15) is 4.31 Å². The largest absolute Gasteiger partial charge is 0.338 e. The minimum absolute atomic E-state index is 0.00155. The lowest BCUT2D eigenvalue weighted by Crippen LogP contribution is -2.39. The molecule has 5 nitrogen and oxygen atoms in total. The molecule has 0 spiro atoms. The Morgan fingerprint density at radius 2 is 1.70 bits per heavy atom. The summed E-state index contributed by atoms with van der Waals surface area (Å²) in [5.41, 5.74) is 0.569. The van der Waals surface area contributed by atoms with E-state index in [0.29, 0.717) is 24.6 Å². The molecule has 3 rings (SSSR count). The van der Waals surface area contributed by atoms with E-state index in [4.69, 9.17) is 0 Å². The van der Waals surface area contributed by atoms with Crippen LogP contribution in [-0.2, 0) is 10.0 Å². The van der Waals surface area contributed by atoms with E-state index in [1.54, 1.807) is 24.3 Å². The highest BCUT2D eigenvalue weighted by Crippen LogP contribution is 2.22. The molecule has 126 valence electrons. The molecule has 0 radical (unpaired) electrons. The van der Waals surface area contributed by atoms with Crippen LogP contribution in [0.1, 0.15) is 43.0 Å². The number of sulfonamides is 1. The molecule has 6 heteroatoms. The van der Waals surface area contributed by atoms with Gasteiger partial charge >= 0.3 is 0 Å². The Morgan fingerprint density at radius 3 is 2.30 bits per heavy atom. The number of hydrogen-bond donors (Lipinski definition) is 0. The summed E-state index contributed by atoms with van der Waals surface area (Å²) in [7, 11) is -3.41. The molecule has 0 N–H and O–H groups in total. The van der Waals surface area contributed by atoms with Crippen molar-refractivity contribution >= 4 is 15.9 Å². The third kappa shape index (κ3) is 3.43. The summed E-state index contributed by atoms with van der Waals surface area (Å²) in [6.07, 6.45) is 4.04. The Hall–Kier alpha value is -1.40. The zero-order valence-corrected chi connectivity index (χ0v) is 14.4. The highest BCUT2D eigenvalue weighted by Gasteiger charge is 2.28. The normalized spacial score (nSPS) is 23.2. The lowest BCUT2D eigenvalue weighted by molar-refractivity contribution is 0.0683. The minimum Gasteiger partial charge on any atom is -0.338 e. The molecular weight excluding hydrogens is 312 g/mol. The molecule has 0 aromatic heterocycles. The van der Waals surface area contributed by atoms with Crippen LogP contribution in [0.4, 0.5) is 0 Å². The Kier molecular flexibility index (Phi) is 4.73. The van der Waals surface area contributed by atoms with Gasteiger partial charge in [-0.3, -0.25) is 4.79 Å². The second kappa shape index (κ2) is 6.61. The van der Waals surface area contributed by atoms with Crippen molar-refractivity contribution in [2.45, 2.75) is 37.5 Å². The molecule has 2 aliphatic heterocycles. The van der Waals surface area contributed by atoms with E-state index >= 15 is 0 Å². The average Bonchev–Trinajstić information content (AvgIpc) is 3.09. The van der Waals surface area contributed by atoms with Gasteiger partial charge in [0, 0.05) is 31.7 Å². The maximum Gasteiger partial charge on any atom is 0.253 e. The van der Waals surface area contributed by atoms with Crippen LogP contribution < -0.4 is 0 Å². The van der Waals surface area contributed by atoms with Crippen molar-refractivity contribution in [3.05, 3.63) is 29.8 Å². The van der Waals surface area contributed by atoms with Gasteiger partial charge in [0.25, 0.3) is 5.91 Å². The fourth-order valence-electron chi connectivity index (χ4n) is 3.40. The molecule has 2 heterocycles. The summed E-state index contributed by atoms with van der Waals surface area (Å²) in [4.78, 5) is 14.7. The first-order chi connectivity index (χ1) is 11.0. The Balaban J connectivity index is 1.75. The molecule has 2 saturated heterocycles. The van der Waals surface area contributed by atoms with Crippen molar-refractivity contribution in [3.8, 4) is 0 Å². The van der Waals surface area contributed by atoms with E-state index in [0.717, 1.165) is 38.8 Å². The molecule has 0 bridgehead atoms. The summed E-state index contributed by atoms with van der Waals surface area (Å²) < 4.78 is 26.5. The number of rotatable bonds is 3. The predicted molar refractivity (Wildman–Crippen MR) is 88.7 cm³/mol. The molecule has 1 atom stereocenters. The van der Waals surface area contributed by atoms with Crippen LogP contribution in [0.2, 0.25) is 0 Å². The van der Waals surface area contributed by atoms with Gasteiger partial charge in [-0.1, -0.05) is 6.92 Å². The maximum atomic E-state index is 12.5. The number of amides is 1.